The summed E-state index contributed by atoms with van der Waals surface area (Å²) < 4.78 is 78.1. The fourth-order valence-corrected chi connectivity index (χ4v) is 1.43. The molecular formula is C8H9F6NO2. The van der Waals surface area contributed by atoms with Gasteiger partial charge in [0, 0.05) is 13.1 Å². The Balaban J connectivity index is 2.87. The van der Waals surface area contributed by atoms with E-state index in [0.717, 1.165) is 0 Å². The van der Waals surface area contributed by atoms with E-state index in [1.807, 2.05) is 0 Å². The number of amides is 1. The SMILES string of the molecule is O=C(C(C(F)(F)F)C(F)(F)F)N1CCOCC1. The van der Waals surface area contributed by atoms with Crippen molar-refractivity contribution in [3.63, 3.8) is 0 Å². The van der Waals surface area contributed by atoms with Crippen molar-refractivity contribution in [1.82, 2.24) is 4.90 Å². The van der Waals surface area contributed by atoms with Crippen LogP contribution in [0.4, 0.5) is 26.3 Å². The lowest BCUT2D eigenvalue weighted by atomic mass is 10.1. The van der Waals surface area contributed by atoms with E-state index in [1.165, 1.54) is 0 Å². The average molecular weight is 265 g/mol. The van der Waals surface area contributed by atoms with Gasteiger partial charge in [-0.25, -0.2) is 0 Å². The van der Waals surface area contributed by atoms with Crippen LogP contribution < -0.4 is 0 Å². The van der Waals surface area contributed by atoms with Crippen molar-refractivity contribution in [3.05, 3.63) is 0 Å². The second-order valence-corrected chi connectivity index (χ2v) is 3.45. The van der Waals surface area contributed by atoms with Crippen LogP contribution >= 0.6 is 0 Å². The van der Waals surface area contributed by atoms with Gasteiger partial charge in [-0.2, -0.15) is 26.3 Å². The molecule has 1 aliphatic heterocycles. The van der Waals surface area contributed by atoms with Crippen LogP contribution in [-0.4, -0.2) is 49.5 Å². The molecule has 1 rings (SSSR count). The largest absolute Gasteiger partial charge is 0.409 e. The maximum absolute atomic E-state index is 12.2. The summed E-state index contributed by atoms with van der Waals surface area (Å²) in [4.78, 5) is 11.7. The summed E-state index contributed by atoms with van der Waals surface area (Å²) in [5.74, 6) is -5.92. The predicted octanol–water partition coefficient (Wildman–Crippen LogP) is 1.59. The summed E-state index contributed by atoms with van der Waals surface area (Å²) in [5.41, 5.74) is 0. The van der Waals surface area contributed by atoms with E-state index in [9.17, 15) is 31.1 Å². The lowest BCUT2D eigenvalue weighted by Crippen LogP contribution is -2.52. The summed E-state index contributed by atoms with van der Waals surface area (Å²) in [6.45, 7) is -0.647. The second kappa shape index (κ2) is 4.71. The topological polar surface area (TPSA) is 29.5 Å². The minimum Gasteiger partial charge on any atom is -0.378 e. The molecule has 17 heavy (non-hydrogen) atoms. The van der Waals surface area contributed by atoms with Gasteiger partial charge in [0.2, 0.25) is 11.8 Å². The number of rotatable bonds is 1. The first-order valence-electron chi connectivity index (χ1n) is 4.64. The van der Waals surface area contributed by atoms with Crippen molar-refractivity contribution in [2.45, 2.75) is 12.4 Å². The van der Waals surface area contributed by atoms with Gasteiger partial charge in [0.05, 0.1) is 13.2 Å². The first kappa shape index (κ1) is 14.1. The Morgan fingerprint density at radius 3 is 1.76 bits per heavy atom. The molecule has 0 spiro atoms. The number of morpholine rings is 1. The Morgan fingerprint density at radius 2 is 1.41 bits per heavy atom. The minimum absolute atomic E-state index is 0.0613. The lowest BCUT2D eigenvalue weighted by molar-refractivity contribution is -0.278. The molecule has 0 aliphatic carbocycles. The van der Waals surface area contributed by atoms with Gasteiger partial charge in [-0.1, -0.05) is 0 Å². The highest BCUT2D eigenvalue weighted by Crippen LogP contribution is 2.40. The third kappa shape index (κ3) is 3.48. The molecule has 1 aliphatic rings. The molecule has 1 amide bonds. The van der Waals surface area contributed by atoms with Gasteiger partial charge < -0.3 is 9.64 Å². The van der Waals surface area contributed by atoms with Crippen LogP contribution in [0.15, 0.2) is 0 Å². The maximum Gasteiger partial charge on any atom is 0.409 e. The highest BCUT2D eigenvalue weighted by Gasteiger charge is 2.62. The van der Waals surface area contributed by atoms with Crippen molar-refractivity contribution in [2.75, 3.05) is 26.3 Å². The van der Waals surface area contributed by atoms with Crippen LogP contribution in [0.2, 0.25) is 0 Å². The number of halogens is 6. The standard InChI is InChI=1S/C8H9F6NO2/c9-7(10,11)5(8(12,13)14)6(16)15-1-3-17-4-2-15/h5H,1-4H2. The Morgan fingerprint density at radius 1 is 1.00 bits per heavy atom. The van der Waals surface area contributed by atoms with Crippen LogP contribution in [0.5, 0.6) is 0 Å². The smallest absolute Gasteiger partial charge is 0.378 e. The van der Waals surface area contributed by atoms with Gasteiger partial charge >= 0.3 is 12.4 Å². The molecular weight excluding hydrogens is 256 g/mol. The average Bonchev–Trinajstić information content (AvgIpc) is 2.14. The summed E-state index contributed by atoms with van der Waals surface area (Å²) in [5, 5.41) is 0. The van der Waals surface area contributed by atoms with Crippen molar-refractivity contribution >= 4 is 5.91 Å². The summed E-state index contributed by atoms with van der Waals surface area (Å²) in [7, 11) is 0. The molecule has 0 N–H and O–H groups in total. The van der Waals surface area contributed by atoms with E-state index in [0.29, 0.717) is 4.90 Å². The minimum atomic E-state index is -5.63. The normalized spacial score (nSPS) is 18.6. The molecule has 3 nitrogen and oxygen atoms in total. The van der Waals surface area contributed by atoms with Gasteiger partial charge in [0.25, 0.3) is 0 Å². The highest BCUT2D eigenvalue weighted by atomic mass is 19.4. The molecule has 0 saturated carbocycles. The fraction of sp³-hybridized carbons (Fsp3) is 0.875. The van der Waals surface area contributed by atoms with Crippen LogP contribution in [0.1, 0.15) is 0 Å². The van der Waals surface area contributed by atoms with E-state index in [1.54, 1.807) is 0 Å². The molecule has 0 aromatic heterocycles. The van der Waals surface area contributed by atoms with Gasteiger partial charge in [0.15, 0.2) is 0 Å². The van der Waals surface area contributed by atoms with E-state index in [4.69, 9.17) is 4.74 Å². The number of nitrogens with zero attached hydrogens (tertiary/aromatic N) is 1. The Kier molecular flexibility index (Phi) is 3.90. The van der Waals surface area contributed by atoms with Crippen molar-refractivity contribution in [3.8, 4) is 0 Å². The molecule has 0 unspecified atom stereocenters. The van der Waals surface area contributed by atoms with E-state index >= 15 is 0 Å². The molecule has 0 aromatic carbocycles. The van der Waals surface area contributed by atoms with Crippen molar-refractivity contribution in [2.24, 2.45) is 5.92 Å². The summed E-state index contributed by atoms with van der Waals surface area (Å²) >= 11 is 0. The molecule has 0 atom stereocenters. The van der Waals surface area contributed by atoms with E-state index in [-0.39, 0.29) is 26.3 Å². The summed E-state index contributed by atoms with van der Waals surface area (Å²) in [6, 6.07) is 0. The van der Waals surface area contributed by atoms with E-state index in [2.05, 4.69) is 0 Å². The lowest BCUT2D eigenvalue weighted by Gasteiger charge is -2.31. The van der Waals surface area contributed by atoms with Crippen LogP contribution in [0.3, 0.4) is 0 Å². The zero-order valence-corrected chi connectivity index (χ0v) is 8.44. The van der Waals surface area contributed by atoms with Gasteiger partial charge in [-0.05, 0) is 0 Å². The monoisotopic (exact) mass is 265 g/mol. The second-order valence-electron chi connectivity index (χ2n) is 3.45. The van der Waals surface area contributed by atoms with Crippen molar-refractivity contribution in [1.29, 1.82) is 0 Å². The molecule has 0 aromatic rings. The van der Waals surface area contributed by atoms with Crippen molar-refractivity contribution < 1.29 is 35.9 Å². The van der Waals surface area contributed by atoms with E-state index < -0.39 is 24.2 Å². The van der Waals surface area contributed by atoms with Crippen LogP contribution in [0, 0.1) is 5.92 Å². The zero-order valence-electron chi connectivity index (χ0n) is 8.44. The molecule has 1 heterocycles. The van der Waals surface area contributed by atoms with Crippen LogP contribution in [-0.2, 0) is 9.53 Å². The third-order valence-electron chi connectivity index (χ3n) is 2.22. The quantitative estimate of drug-likeness (QED) is 0.674. The number of alkyl halides is 6. The van der Waals surface area contributed by atoms with Gasteiger partial charge in [-0.15, -0.1) is 0 Å². The van der Waals surface area contributed by atoms with Gasteiger partial charge in [0.1, 0.15) is 0 Å². The molecule has 1 saturated heterocycles. The number of carbonyl (C=O) groups is 1. The van der Waals surface area contributed by atoms with Crippen LogP contribution in [0.25, 0.3) is 0 Å². The Labute approximate surface area is 92.3 Å². The predicted molar refractivity (Wildman–Crippen MR) is 43.0 cm³/mol. The Bertz CT molecular complexity index is 267. The Hall–Kier alpha value is -0.990. The molecule has 100 valence electrons. The fourth-order valence-electron chi connectivity index (χ4n) is 1.43. The molecule has 9 heteroatoms. The zero-order chi connectivity index (χ0) is 13.3. The van der Waals surface area contributed by atoms with Gasteiger partial charge in [-0.3, -0.25) is 4.79 Å². The first-order chi connectivity index (χ1) is 7.64. The number of hydrogen-bond acceptors (Lipinski definition) is 2. The number of hydrogen-bond donors (Lipinski definition) is 0. The molecule has 1 fully saturated rings. The molecule has 0 bridgehead atoms. The first-order valence-corrected chi connectivity index (χ1v) is 4.64. The number of carbonyl (C=O) groups excluding carboxylic acids is 1. The highest BCUT2D eigenvalue weighted by molar-refractivity contribution is 5.80. The summed E-state index contributed by atoms with van der Waals surface area (Å²) in [6.07, 6.45) is -11.3. The molecule has 0 radical (unpaired) electrons. The third-order valence-corrected chi connectivity index (χ3v) is 2.22. The number of ether oxygens (including phenoxy) is 1. The maximum atomic E-state index is 12.2.